The van der Waals surface area contributed by atoms with Gasteiger partial charge in [-0.2, -0.15) is 10.4 Å². The first kappa shape index (κ1) is 18.7. The molecule has 0 bridgehead atoms. The predicted octanol–water partition coefficient (Wildman–Crippen LogP) is 2.50. The Morgan fingerprint density at radius 1 is 1.21 bits per heavy atom. The van der Waals surface area contributed by atoms with Gasteiger partial charge < -0.3 is 10.2 Å². The number of aromatic nitrogens is 2. The van der Waals surface area contributed by atoms with Crippen LogP contribution in [0, 0.1) is 11.3 Å². The lowest BCUT2D eigenvalue weighted by molar-refractivity contribution is 0.0357. The molecule has 29 heavy (non-hydrogen) atoms. The molecule has 1 saturated carbocycles. The van der Waals surface area contributed by atoms with E-state index in [0.717, 1.165) is 26.2 Å². The lowest BCUT2D eigenvalue weighted by Crippen LogP contribution is -2.71. The zero-order valence-electron chi connectivity index (χ0n) is 17.2. The van der Waals surface area contributed by atoms with E-state index in [0.29, 0.717) is 24.4 Å². The number of nitrogens with zero attached hydrogens (tertiary/aromatic N) is 5. The Kier molecular flexibility index (Phi) is 4.81. The van der Waals surface area contributed by atoms with Crippen molar-refractivity contribution in [1.82, 2.24) is 20.0 Å². The fraction of sp³-hybridized carbons (Fsp3) is 0.565. The van der Waals surface area contributed by atoms with Crippen LogP contribution in [0.4, 0.5) is 5.69 Å². The second kappa shape index (κ2) is 7.47. The number of nitrogens with one attached hydrogen (secondary N) is 1. The molecule has 0 amide bonds. The lowest BCUT2D eigenvalue weighted by Gasteiger charge is -2.57. The van der Waals surface area contributed by atoms with E-state index in [9.17, 15) is 5.26 Å². The molecule has 1 unspecified atom stereocenters. The smallest absolute Gasteiger partial charge is 0.0753 e. The van der Waals surface area contributed by atoms with Gasteiger partial charge in [0.05, 0.1) is 29.9 Å². The van der Waals surface area contributed by atoms with E-state index in [4.69, 9.17) is 0 Å². The van der Waals surface area contributed by atoms with E-state index in [1.54, 1.807) is 0 Å². The first-order valence-corrected chi connectivity index (χ1v) is 10.8. The van der Waals surface area contributed by atoms with Crippen LogP contribution in [-0.2, 0) is 7.05 Å². The second-order valence-corrected chi connectivity index (χ2v) is 9.07. The number of piperidine rings is 1. The Morgan fingerprint density at radius 2 is 1.97 bits per heavy atom. The summed E-state index contributed by atoms with van der Waals surface area (Å²) in [5.41, 5.74) is 2.65. The number of hydrogen-bond donors (Lipinski definition) is 1. The number of likely N-dealkylation sites (tertiary alicyclic amines) is 1. The number of rotatable bonds is 6. The summed E-state index contributed by atoms with van der Waals surface area (Å²) in [4.78, 5) is 4.94. The monoisotopic (exact) mass is 390 g/mol. The Labute approximate surface area is 173 Å². The summed E-state index contributed by atoms with van der Waals surface area (Å²) in [6, 6.07) is 14.6. The van der Waals surface area contributed by atoms with E-state index in [1.807, 2.05) is 17.9 Å². The van der Waals surface area contributed by atoms with E-state index in [1.165, 1.54) is 30.5 Å². The highest BCUT2D eigenvalue weighted by Crippen LogP contribution is 2.42. The molecule has 1 N–H and O–H groups in total. The molecule has 2 aliphatic heterocycles. The van der Waals surface area contributed by atoms with Gasteiger partial charge >= 0.3 is 0 Å². The molecule has 0 radical (unpaired) electrons. The van der Waals surface area contributed by atoms with Crippen molar-refractivity contribution in [3.63, 3.8) is 0 Å². The molecule has 3 heterocycles. The van der Waals surface area contributed by atoms with Gasteiger partial charge in [0.2, 0.25) is 0 Å². The second-order valence-electron chi connectivity index (χ2n) is 9.07. The molecule has 6 nitrogen and oxygen atoms in total. The molecule has 2 aromatic rings. The zero-order valence-corrected chi connectivity index (χ0v) is 17.2. The average Bonchev–Trinajstić information content (AvgIpc) is 3.35. The Bertz CT molecular complexity index is 870. The van der Waals surface area contributed by atoms with Crippen LogP contribution in [0.15, 0.2) is 42.7 Å². The zero-order chi connectivity index (χ0) is 19.8. The number of hydrogen-bond acceptors (Lipinski definition) is 5. The number of benzene rings is 1. The van der Waals surface area contributed by atoms with Gasteiger partial charge in [0.15, 0.2) is 0 Å². The predicted molar refractivity (Wildman–Crippen MR) is 114 cm³/mol. The quantitative estimate of drug-likeness (QED) is 0.821. The maximum Gasteiger partial charge on any atom is 0.0753 e. The Hall–Kier alpha value is -2.36. The summed E-state index contributed by atoms with van der Waals surface area (Å²) in [7, 11) is 1.95. The SMILES string of the molecule is Cn1cc(N2CC(CC#N)(N3CCC(N[C@@H]4CC4c4ccccc4)CC3)C2)cn1. The van der Waals surface area contributed by atoms with E-state index >= 15 is 0 Å². The van der Waals surface area contributed by atoms with Crippen LogP contribution in [0.25, 0.3) is 0 Å². The van der Waals surface area contributed by atoms with Crippen molar-refractivity contribution < 1.29 is 0 Å². The van der Waals surface area contributed by atoms with Crippen LogP contribution in [0.3, 0.4) is 0 Å². The number of aryl methyl sites for hydroxylation is 1. The van der Waals surface area contributed by atoms with Gasteiger partial charge in [-0.15, -0.1) is 0 Å². The van der Waals surface area contributed by atoms with E-state index in [-0.39, 0.29) is 5.54 Å². The molecular formula is C23H30N6. The van der Waals surface area contributed by atoms with Crippen LogP contribution < -0.4 is 10.2 Å². The van der Waals surface area contributed by atoms with Crippen molar-refractivity contribution in [3.05, 3.63) is 48.3 Å². The molecule has 1 aromatic carbocycles. The van der Waals surface area contributed by atoms with Crippen molar-refractivity contribution in [2.75, 3.05) is 31.1 Å². The largest absolute Gasteiger partial charge is 0.365 e. The summed E-state index contributed by atoms with van der Waals surface area (Å²) < 4.78 is 1.84. The van der Waals surface area contributed by atoms with Crippen LogP contribution in [0.5, 0.6) is 0 Å². The molecule has 6 heteroatoms. The standard InChI is InChI=1S/C23H30N6/c1-27-15-20(14-25-27)28-16-23(17-28,9-10-24)29-11-7-19(8-12-29)26-22-13-21(22)18-5-3-2-4-6-18/h2-6,14-15,19,21-22,26H,7-9,11-13,16-17H2,1H3/t21?,22-/m1/s1. The van der Waals surface area contributed by atoms with Crippen LogP contribution in [-0.4, -0.2) is 58.5 Å². The van der Waals surface area contributed by atoms with Gasteiger partial charge in [-0.25, -0.2) is 0 Å². The minimum absolute atomic E-state index is 0.0156. The lowest BCUT2D eigenvalue weighted by atomic mass is 9.82. The Morgan fingerprint density at radius 3 is 2.62 bits per heavy atom. The van der Waals surface area contributed by atoms with Crippen molar-refractivity contribution in [2.45, 2.75) is 49.2 Å². The summed E-state index contributed by atoms with van der Waals surface area (Å²) in [5.74, 6) is 0.693. The van der Waals surface area contributed by atoms with E-state index in [2.05, 4.69) is 62.8 Å². The minimum atomic E-state index is 0.0156. The van der Waals surface area contributed by atoms with E-state index < -0.39 is 0 Å². The van der Waals surface area contributed by atoms with Crippen molar-refractivity contribution in [1.29, 1.82) is 5.26 Å². The first-order chi connectivity index (χ1) is 14.2. The van der Waals surface area contributed by atoms with Gasteiger partial charge in [-0.1, -0.05) is 30.3 Å². The fourth-order valence-electron chi connectivity index (χ4n) is 5.26. The number of anilines is 1. The van der Waals surface area contributed by atoms with Gasteiger partial charge in [-0.3, -0.25) is 9.58 Å². The molecule has 3 aliphatic rings. The van der Waals surface area contributed by atoms with Crippen LogP contribution in [0.1, 0.15) is 37.2 Å². The summed E-state index contributed by atoms with van der Waals surface area (Å²) in [6.45, 7) is 4.04. The third kappa shape index (κ3) is 3.65. The van der Waals surface area contributed by atoms with Crippen molar-refractivity contribution in [2.24, 2.45) is 7.05 Å². The summed E-state index contributed by atoms with van der Waals surface area (Å²) in [5, 5.41) is 17.6. The molecule has 1 aliphatic carbocycles. The maximum atomic E-state index is 9.45. The van der Waals surface area contributed by atoms with Crippen molar-refractivity contribution >= 4 is 5.69 Å². The molecular weight excluding hydrogens is 360 g/mol. The fourth-order valence-corrected chi connectivity index (χ4v) is 5.26. The minimum Gasteiger partial charge on any atom is -0.365 e. The van der Waals surface area contributed by atoms with Crippen molar-refractivity contribution in [3.8, 4) is 6.07 Å². The molecule has 3 fully saturated rings. The van der Waals surface area contributed by atoms with Crippen LogP contribution in [0.2, 0.25) is 0 Å². The first-order valence-electron chi connectivity index (χ1n) is 10.8. The third-order valence-corrected chi connectivity index (χ3v) is 7.07. The normalized spacial score (nSPS) is 26.7. The number of nitriles is 1. The molecule has 1 aromatic heterocycles. The summed E-state index contributed by atoms with van der Waals surface area (Å²) in [6.07, 6.45) is 8.22. The highest BCUT2D eigenvalue weighted by Gasteiger charge is 2.49. The average molecular weight is 391 g/mol. The highest BCUT2D eigenvalue weighted by atomic mass is 15.4. The highest BCUT2D eigenvalue weighted by molar-refractivity contribution is 5.48. The van der Waals surface area contributed by atoms with Gasteiger partial charge in [-0.05, 0) is 24.8 Å². The maximum absolute atomic E-state index is 9.45. The molecule has 2 atom stereocenters. The van der Waals surface area contributed by atoms with Gasteiger partial charge in [0.25, 0.3) is 0 Å². The topological polar surface area (TPSA) is 60.1 Å². The van der Waals surface area contributed by atoms with Gasteiger partial charge in [0, 0.05) is 57.4 Å². The molecule has 5 rings (SSSR count). The third-order valence-electron chi connectivity index (χ3n) is 7.07. The summed E-state index contributed by atoms with van der Waals surface area (Å²) >= 11 is 0. The Balaban J connectivity index is 1.13. The molecule has 2 saturated heterocycles. The van der Waals surface area contributed by atoms with Gasteiger partial charge in [0.1, 0.15) is 0 Å². The molecule has 0 spiro atoms. The molecule has 152 valence electrons. The van der Waals surface area contributed by atoms with Crippen LogP contribution >= 0.6 is 0 Å².